The number of hydrogen-bond donors (Lipinski definition) is 0. The highest BCUT2D eigenvalue weighted by Gasteiger charge is 2.31. The molecule has 0 bridgehead atoms. The number of fused-ring (bicyclic) bond motifs is 2. The SMILES string of the molecule is CCC1C2=C(CCC2)c2ccccc21. The molecule has 0 saturated carbocycles. The summed E-state index contributed by atoms with van der Waals surface area (Å²) >= 11 is 0. The van der Waals surface area contributed by atoms with Crippen LogP contribution in [0, 0.1) is 0 Å². The van der Waals surface area contributed by atoms with Gasteiger partial charge in [-0.05, 0) is 42.4 Å². The molecule has 0 heterocycles. The van der Waals surface area contributed by atoms with Crippen LogP contribution in [0.25, 0.3) is 5.57 Å². The highest BCUT2D eigenvalue weighted by Crippen LogP contribution is 2.50. The summed E-state index contributed by atoms with van der Waals surface area (Å²) in [6, 6.07) is 9.00. The summed E-state index contributed by atoms with van der Waals surface area (Å²) in [5, 5.41) is 0. The molecule has 0 amide bonds. The fraction of sp³-hybridized carbons (Fsp3) is 0.429. The zero-order chi connectivity index (χ0) is 9.54. The first kappa shape index (κ1) is 8.28. The van der Waals surface area contributed by atoms with Crippen molar-refractivity contribution >= 4 is 5.57 Å². The van der Waals surface area contributed by atoms with Crippen molar-refractivity contribution in [3.8, 4) is 0 Å². The van der Waals surface area contributed by atoms with Gasteiger partial charge in [0.25, 0.3) is 0 Å². The summed E-state index contributed by atoms with van der Waals surface area (Å²) in [4.78, 5) is 0. The molecule has 0 fully saturated rings. The van der Waals surface area contributed by atoms with Crippen LogP contribution in [0.15, 0.2) is 29.8 Å². The Labute approximate surface area is 85.6 Å². The van der Waals surface area contributed by atoms with E-state index in [4.69, 9.17) is 0 Å². The Morgan fingerprint density at radius 2 is 2.07 bits per heavy atom. The molecule has 2 aliphatic rings. The van der Waals surface area contributed by atoms with Gasteiger partial charge in [0.2, 0.25) is 0 Å². The van der Waals surface area contributed by atoms with Gasteiger partial charge in [-0.25, -0.2) is 0 Å². The van der Waals surface area contributed by atoms with Crippen LogP contribution in [0.5, 0.6) is 0 Å². The van der Waals surface area contributed by atoms with Crippen LogP contribution >= 0.6 is 0 Å². The highest BCUT2D eigenvalue weighted by molar-refractivity contribution is 5.79. The average molecular weight is 184 g/mol. The fourth-order valence-electron chi connectivity index (χ4n) is 3.19. The highest BCUT2D eigenvalue weighted by atomic mass is 14.4. The van der Waals surface area contributed by atoms with E-state index in [9.17, 15) is 0 Å². The van der Waals surface area contributed by atoms with Gasteiger partial charge in [0, 0.05) is 5.92 Å². The van der Waals surface area contributed by atoms with E-state index in [-0.39, 0.29) is 0 Å². The summed E-state index contributed by atoms with van der Waals surface area (Å²) in [5.41, 5.74) is 6.60. The molecule has 0 heteroatoms. The van der Waals surface area contributed by atoms with Crippen LogP contribution in [0.2, 0.25) is 0 Å². The summed E-state index contributed by atoms with van der Waals surface area (Å²) < 4.78 is 0. The molecule has 0 N–H and O–H groups in total. The summed E-state index contributed by atoms with van der Waals surface area (Å²) in [6.45, 7) is 2.32. The van der Waals surface area contributed by atoms with E-state index >= 15 is 0 Å². The monoisotopic (exact) mass is 184 g/mol. The van der Waals surface area contributed by atoms with Crippen LogP contribution in [0.4, 0.5) is 0 Å². The molecule has 0 aliphatic heterocycles. The van der Waals surface area contributed by atoms with Gasteiger partial charge >= 0.3 is 0 Å². The van der Waals surface area contributed by atoms with E-state index in [1.165, 1.54) is 25.7 Å². The molecular weight excluding hydrogens is 168 g/mol. The minimum atomic E-state index is 0.753. The molecule has 0 saturated heterocycles. The first-order chi connectivity index (χ1) is 6.92. The molecule has 1 aromatic carbocycles. The Morgan fingerprint density at radius 3 is 2.93 bits per heavy atom. The summed E-state index contributed by atoms with van der Waals surface area (Å²) in [5.74, 6) is 0.753. The minimum absolute atomic E-state index is 0.753. The summed E-state index contributed by atoms with van der Waals surface area (Å²) in [6.07, 6.45) is 5.33. The first-order valence-corrected chi connectivity index (χ1v) is 5.73. The van der Waals surface area contributed by atoms with Crippen LogP contribution in [0.1, 0.15) is 49.7 Å². The topological polar surface area (TPSA) is 0 Å². The molecule has 1 unspecified atom stereocenters. The molecule has 0 aromatic heterocycles. The van der Waals surface area contributed by atoms with Gasteiger partial charge in [0.1, 0.15) is 0 Å². The van der Waals surface area contributed by atoms with Crippen molar-refractivity contribution in [2.75, 3.05) is 0 Å². The van der Waals surface area contributed by atoms with Crippen molar-refractivity contribution in [3.63, 3.8) is 0 Å². The summed E-state index contributed by atoms with van der Waals surface area (Å²) in [7, 11) is 0. The smallest absolute Gasteiger partial charge is 0.00576 e. The van der Waals surface area contributed by atoms with Gasteiger partial charge in [-0.2, -0.15) is 0 Å². The number of rotatable bonds is 1. The Balaban J connectivity index is 2.18. The molecule has 0 spiro atoms. The van der Waals surface area contributed by atoms with E-state index < -0.39 is 0 Å². The lowest BCUT2D eigenvalue weighted by atomic mass is 9.91. The Kier molecular flexibility index (Phi) is 1.76. The van der Waals surface area contributed by atoms with Gasteiger partial charge in [-0.3, -0.25) is 0 Å². The molecule has 72 valence electrons. The van der Waals surface area contributed by atoms with Crippen LogP contribution in [0.3, 0.4) is 0 Å². The molecule has 2 aliphatic carbocycles. The number of benzene rings is 1. The molecule has 3 rings (SSSR count). The first-order valence-electron chi connectivity index (χ1n) is 5.73. The van der Waals surface area contributed by atoms with E-state index in [0.29, 0.717) is 0 Å². The largest absolute Gasteiger partial charge is 0.0645 e. The minimum Gasteiger partial charge on any atom is -0.0645 e. The van der Waals surface area contributed by atoms with E-state index in [2.05, 4.69) is 31.2 Å². The van der Waals surface area contributed by atoms with Crippen molar-refractivity contribution in [1.29, 1.82) is 0 Å². The molecule has 1 atom stereocenters. The lowest BCUT2D eigenvalue weighted by molar-refractivity contribution is 0.729. The third-order valence-electron chi connectivity index (χ3n) is 3.75. The average Bonchev–Trinajstić information content (AvgIpc) is 2.77. The second-order valence-corrected chi connectivity index (χ2v) is 4.41. The molecule has 14 heavy (non-hydrogen) atoms. The Bertz CT molecular complexity index is 398. The predicted molar refractivity (Wildman–Crippen MR) is 60.2 cm³/mol. The van der Waals surface area contributed by atoms with E-state index in [0.717, 1.165) is 5.92 Å². The number of hydrogen-bond acceptors (Lipinski definition) is 0. The van der Waals surface area contributed by atoms with Crippen molar-refractivity contribution in [3.05, 3.63) is 41.0 Å². The lowest BCUT2D eigenvalue weighted by Gasteiger charge is -2.13. The van der Waals surface area contributed by atoms with E-state index in [1.807, 2.05) is 0 Å². The van der Waals surface area contributed by atoms with E-state index in [1.54, 1.807) is 22.3 Å². The zero-order valence-corrected chi connectivity index (χ0v) is 8.72. The van der Waals surface area contributed by atoms with Gasteiger partial charge in [-0.15, -0.1) is 0 Å². The third kappa shape index (κ3) is 0.943. The second-order valence-electron chi connectivity index (χ2n) is 4.41. The maximum absolute atomic E-state index is 2.32. The normalized spacial score (nSPS) is 23.9. The molecular formula is C14H16. The van der Waals surface area contributed by atoms with Gasteiger partial charge in [0.05, 0.1) is 0 Å². The lowest BCUT2D eigenvalue weighted by Crippen LogP contribution is -1.96. The van der Waals surface area contributed by atoms with Crippen LogP contribution in [-0.2, 0) is 0 Å². The predicted octanol–water partition coefficient (Wildman–Crippen LogP) is 4.13. The quantitative estimate of drug-likeness (QED) is 0.615. The van der Waals surface area contributed by atoms with Crippen LogP contribution < -0.4 is 0 Å². The number of allylic oxidation sites excluding steroid dienone is 2. The third-order valence-corrected chi connectivity index (χ3v) is 3.75. The maximum Gasteiger partial charge on any atom is 0.00576 e. The standard InChI is InChI=1S/C14H16/c1-2-10-11-6-3-4-7-13(11)14-9-5-8-12(10)14/h3-4,6-7,10H,2,5,8-9H2,1H3. The van der Waals surface area contributed by atoms with Crippen LogP contribution in [-0.4, -0.2) is 0 Å². The molecule has 1 aromatic rings. The maximum atomic E-state index is 2.32. The Hall–Kier alpha value is -1.04. The molecule has 0 radical (unpaired) electrons. The van der Waals surface area contributed by atoms with Crippen molar-refractivity contribution in [1.82, 2.24) is 0 Å². The van der Waals surface area contributed by atoms with Crippen molar-refractivity contribution < 1.29 is 0 Å². The fourth-order valence-corrected chi connectivity index (χ4v) is 3.19. The Morgan fingerprint density at radius 1 is 1.21 bits per heavy atom. The van der Waals surface area contributed by atoms with Gasteiger partial charge in [0.15, 0.2) is 0 Å². The molecule has 0 nitrogen and oxygen atoms in total. The zero-order valence-electron chi connectivity index (χ0n) is 8.72. The second kappa shape index (κ2) is 2.98. The van der Waals surface area contributed by atoms with Crippen molar-refractivity contribution in [2.45, 2.75) is 38.5 Å². The van der Waals surface area contributed by atoms with Crippen molar-refractivity contribution in [2.24, 2.45) is 0 Å². The van der Waals surface area contributed by atoms with Gasteiger partial charge in [-0.1, -0.05) is 36.8 Å². The van der Waals surface area contributed by atoms with Gasteiger partial charge < -0.3 is 0 Å².